The minimum atomic E-state index is -0.672. The highest BCUT2D eigenvalue weighted by molar-refractivity contribution is 6.06. The van der Waals surface area contributed by atoms with Crippen molar-refractivity contribution in [3.8, 4) is 0 Å². The van der Waals surface area contributed by atoms with E-state index in [1.54, 1.807) is 49.5 Å². The summed E-state index contributed by atoms with van der Waals surface area (Å²) in [4.78, 5) is 34.8. The highest BCUT2D eigenvalue weighted by atomic mass is 16.2. The molecule has 24 heavy (non-hydrogen) atoms. The van der Waals surface area contributed by atoms with Gasteiger partial charge in [0, 0.05) is 29.5 Å². The number of nitrogens with two attached hydrogens (primary N) is 1. The maximum absolute atomic E-state index is 12.3. The fraction of sp³-hybridized carbons (Fsp3) is 0.118. The van der Waals surface area contributed by atoms with Crippen LogP contribution in [0.2, 0.25) is 0 Å². The molecule has 0 aliphatic heterocycles. The van der Waals surface area contributed by atoms with Gasteiger partial charge in [0.15, 0.2) is 0 Å². The average molecular weight is 326 g/mol. The second-order valence-electron chi connectivity index (χ2n) is 5.13. The molecule has 0 bridgehead atoms. The lowest BCUT2D eigenvalue weighted by atomic mass is 10.1. The molecule has 2 aromatic carbocycles. The zero-order valence-corrected chi connectivity index (χ0v) is 13.3. The van der Waals surface area contributed by atoms with Crippen LogP contribution >= 0.6 is 0 Å². The minimum absolute atomic E-state index is 0.229. The summed E-state index contributed by atoms with van der Waals surface area (Å²) >= 11 is 0. The first-order valence-electron chi connectivity index (χ1n) is 7.21. The molecule has 2 aromatic rings. The Bertz CT molecular complexity index is 785. The first-order chi connectivity index (χ1) is 11.4. The van der Waals surface area contributed by atoms with Crippen LogP contribution in [0.4, 0.5) is 16.2 Å². The van der Waals surface area contributed by atoms with Crippen molar-refractivity contribution < 1.29 is 14.4 Å². The smallest absolute Gasteiger partial charge is 0.316 e. The molecule has 0 unspecified atom stereocenters. The third-order valence-electron chi connectivity index (χ3n) is 3.39. The van der Waals surface area contributed by atoms with Gasteiger partial charge in [-0.05, 0) is 48.9 Å². The summed E-state index contributed by atoms with van der Waals surface area (Å²) in [5.41, 5.74) is 7.79. The molecule has 5 N–H and O–H groups in total. The first-order valence-corrected chi connectivity index (χ1v) is 7.21. The summed E-state index contributed by atoms with van der Waals surface area (Å²) < 4.78 is 0. The van der Waals surface area contributed by atoms with Crippen LogP contribution in [0.3, 0.4) is 0 Å². The Hall–Kier alpha value is -3.35. The lowest BCUT2D eigenvalue weighted by molar-refractivity contribution is 0.0961. The third-order valence-corrected chi connectivity index (χ3v) is 3.39. The van der Waals surface area contributed by atoms with E-state index in [1.165, 1.54) is 0 Å². The molecule has 0 spiro atoms. The van der Waals surface area contributed by atoms with Crippen molar-refractivity contribution in [1.82, 2.24) is 5.32 Å². The molecular formula is C17H18N4O3. The molecule has 0 saturated heterocycles. The second kappa shape index (κ2) is 7.28. The predicted octanol–water partition coefficient (Wildman–Crippen LogP) is 2.10. The summed E-state index contributed by atoms with van der Waals surface area (Å²) in [7, 11) is 1.54. The fourth-order valence-corrected chi connectivity index (χ4v) is 2.08. The van der Waals surface area contributed by atoms with E-state index in [4.69, 9.17) is 5.73 Å². The average Bonchev–Trinajstić information content (AvgIpc) is 2.56. The van der Waals surface area contributed by atoms with Gasteiger partial charge in [0.2, 0.25) is 0 Å². The largest absolute Gasteiger partial charge is 0.355 e. The number of nitrogens with one attached hydrogen (secondary N) is 3. The van der Waals surface area contributed by atoms with E-state index in [1.807, 2.05) is 6.92 Å². The van der Waals surface area contributed by atoms with Gasteiger partial charge in [0.1, 0.15) is 0 Å². The van der Waals surface area contributed by atoms with Gasteiger partial charge in [-0.1, -0.05) is 6.07 Å². The van der Waals surface area contributed by atoms with E-state index in [0.717, 1.165) is 5.56 Å². The molecule has 0 heterocycles. The van der Waals surface area contributed by atoms with E-state index in [2.05, 4.69) is 16.0 Å². The van der Waals surface area contributed by atoms with Crippen molar-refractivity contribution in [2.24, 2.45) is 5.73 Å². The molecule has 124 valence electrons. The molecule has 0 atom stereocenters. The van der Waals surface area contributed by atoms with Crippen LogP contribution in [-0.4, -0.2) is 24.9 Å². The van der Waals surface area contributed by atoms with Crippen LogP contribution in [0, 0.1) is 6.92 Å². The number of primary amides is 1. The summed E-state index contributed by atoms with van der Waals surface area (Å²) in [6.07, 6.45) is 0. The van der Waals surface area contributed by atoms with E-state index in [9.17, 15) is 14.4 Å². The van der Waals surface area contributed by atoms with Crippen molar-refractivity contribution in [2.45, 2.75) is 6.92 Å². The van der Waals surface area contributed by atoms with Crippen molar-refractivity contribution in [3.63, 3.8) is 0 Å². The Labute approximate surface area is 139 Å². The number of hydrogen-bond acceptors (Lipinski definition) is 3. The van der Waals surface area contributed by atoms with Crippen LogP contribution in [0.25, 0.3) is 0 Å². The number of aryl methyl sites for hydroxylation is 1. The Kier molecular flexibility index (Phi) is 5.16. The van der Waals surface area contributed by atoms with E-state index in [-0.39, 0.29) is 11.8 Å². The summed E-state index contributed by atoms with van der Waals surface area (Å²) in [5.74, 6) is -0.551. The molecular weight excluding hydrogens is 308 g/mol. The molecule has 0 aliphatic rings. The Balaban J connectivity index is 2.17. The topological polar surface area (TPSA) is 113 Å². The monoisotopic (exact) mass is 326 g/mol. The van der Waals surface area contributed by atoms with Gasteiger partial charge >= 0.3 is 6.03 Å². The Morgan fingerprint density at radius 2 is 1.50 bits per heavy atom. The Morgan fingerprint density at radius 3 is 2.08 bits per heavy atom. The SMILES string of the molecule is CNC(=O)c1ccc(C)c(NC(=O)c2ccc(NC(N)=O)cc2)c1. The van der Waals surface area contributed by atoms with Gasteiger partial charge in [0.05, 0.1) is 0 Å². The van der Waals surface area contributed by atoms with Crippen LogP contribution in [0.15, 0.2) is 42.5 Å². The molecule has 4 amide bonds. The number of urea groups is 1. The maximum atomic E-state index is 12.3. The summed E-state index contributed by atoms with van der Waals surface area (Å²) in [6, 6.07) is 10.7. The van der Waals surface area contributed by atoms with E-state index in [0.29, 0.717) is 22.5 Å². The number of benzene rings is 2. The fourth-order valence-electron chi connectivity index (χ4n) is 2.08. The molecule has 0 saturated carbocycles. The molecule has 0 fully saturated rings. The van der Waals surface area contributed by atoms with Gasteiger partial charge in [0.25, 0.3) is 11.8 Å². The number of hydrogen-bond donors (Lipinski definition) is 4. The van der Waals surface area contributed by atoms with Crippen molar-refractivity contribution in [3.05, 3.63) is 59.2 Å². The molecule has 7 nitrogen and oxygen atoms in total. The van der Waals surface area contributed by atoms with Gasteiger partial charge in [-0.2, -0.15) is 0 Å². The van der Waals surface area contributed by atoms with Crippen molar-refractivity contribution in [1.29, 1.82) is 0 Å². The van der Waals surface area contributed by atoms with Crippen LogP contribution < -0.4 is 21.7 Å². The van der Waals surface area contributed by atoms with Gasteiger partial charge in [-0.15, -0.1) is 0 Å². The number of carbonyl (C=O) groups is 3. The number of amides is 4. The summed E-state index contributed by atoms with van der Waals surface area (Å²) in [6.45, 7) is 1.84. The third kappa shape index (κ3) is 4.10. The van der Waals surface area contributed by atoms with Gasteiger partial charge in [-0.25, -0.2) is 4.79 Å². The highest BCUT2D eigenvalue weighted by Gasteiger charge is 2.11. The standard InChI is InChI=1S/C17H18N4O3/c1-10-3-4-12(15(22)19-2)9-14(10)21-16(23)11-5-7-13(8-6-11)20-17(18)24/h3-9H,1-2H3,(H,19,22)(H,21,23)(H3,18,20,24). The molecule has 0 aromatic heterocycles. The molecule has 0 radical (unpaired) electrons. The number of carbonyl (C=O) groups excluding carboxylic acids is 3. The van der Waals surface area contributed by atoms with E-state index >= 15 is 0 Å². The highest BCUT2D eigenvalue weighted by Crippen LogP contribution is 2.18. The summed E-state index contributed by atoms with van der Waals surface area (Å²) in [5, 5.41) is 7.73. The lowest BCUT2D eigenvalue weighted by Crippen LogP contribution is -2.20. The maximum Gasteiger partial charge on any atom is 0.316 e. The predicted molar refractivity (Wildman–Crippen MR) is 92.2 cm³/mol. The van der Waals surface area contributed by atoms with Crippen LogP contribution in [0.1, 0.15) is 26.3 Å². The van der Waals surface area contributed by atoms with E-state index < -0.39 is 6.03 Å². The minimum Gasteiger partial charge on any atom is -0.355 e. The Morgan fingerprint density at radius 1 is 0.875 bits per heavy atom. The van der Waals surface area contributed by atoms with Crippen molar-refractivity contribution in [2.75, 3.05) is 17.7 Å². The zero-order chi connectivity index (χ0) is 17.7. The number of anilines is 2. The van der Waals surface area contributed by atoms with Crippen LogP contribution in [0.5, 0.6) is 0 Å². The lowest BCUT2D eigenvalue weighted by Gasteiger charge is -2.11. The number of rotatable bonds is 4. The van der Waals surface area contributed by atoms with Crippen LogP contribution in [-0.2, 0) is 0 Å². The normalized spacial score (nSPS) is 9.92. The first kappa shape index (κ1) is 17.0. The molecule has 0 aliphatic carbocycles. The van der Waals surface area contributed by atoms with Gasteiger partial charge < -0.3 is 21.7 Å². The molecule has 2 rings (SSSR count). The van der Waals surface area contributed by atoms with Crippen molar-refractivity contribution >= 4 is 29.2 Å². The zero-order valence-electron chi connectivity index (χ0n) is 13.3. The quantitative estimate of drug-likeness (QED) is 0.690. The second-order valence-corrected chi connectivity index (χ2v) is 5.13. The molecule has 7 heteroatoms. The van der Waals surface area contributed by atoms with Gasteiger partial charge in [-0.3, -0.25) is 9.59 Å².